The van der Waals surface area contributed by atoms with Gasteiger partial charge in [-0.05, 0) is 38.2 Å². The summed E-state index contributed by atoms with van der Waals surface area (Å²) >= 11 is 0. The lowest BCUT2D eigenvalue weighted by Crippen LogP contribution is -2.31. The maximum absolute atomic E-state index is 9.90. The third kappa shape index (κ3) is 4.85. The molecule has 20 heavy (non-hydrogen) atoms. The Morgan fingerprint density at radius 1 is 1.30 bits per heavy atom. The first-order valence-electron chi connectivity index (χ1n) is 6.65. The van der Waals surface area contributed by atoms with Gasteiger partial charge in [0.25, 0.3) is 0 Å². The highest BCUT2D eigenvalue weighted by Gasteiger charge is 2.11. The summed E-state index contributed by atoms with van der Waals surface area (Å²) in [6.45, 7) is 3.77. The summed E-state index contributed by atoms with van der Waals surface area (Å²) < 4.78 is 16.0. The van der Waals surface area contributed by atoms with E-state index < -0.39 is 6.10 Å². The minimum absolute atomic E-state index is 0.280. The second-order valence-electron chi connectivity index (χ2n) is 4.96. The summed E-state index contributed by atoms with van der Waals surface area (Å²) in [7, 11) is 1.94. The topological polar surface area (TPSA) is 59.0 Å². The number of aryl methyl sites for hydroxylation is 1. The van der Waals surface area contributed by atoms with Crippen molar-refractivity contribution < 1.29 is 18.7 Å². The fraction of sp³-hybridized carbons (Fsp3) is 0.467. The van der Waals surface area contributed by atoms with Crippen molar-refractivity contribution in [3.8, 4) is 0 Å². The standard InChI is InChI=1S/C15H21NO4/c1-12-5-6-14(20-12)9-16(2)8-13(17)10-18-11-15-4-3-7-19-15/h3-7,13,17H,8-11H2,1-2H3. The Morgan fingerprint density at radius 2 is 2.15 bits per heavy atom. The predicted octanol–water partition coefficient (Wildman–Crippen LogP) is 2.19. The number of rotatable bonds is 8. The van der Waals surface area contributed by atoms with Crippen LogP contribution in [0.1, 0.15) is 17.3 Å². The van der Waals surface area contributed by atoms with Crippen LogP contribution in [0.25, 0.3) is 0 Å². The molecule has 2 aromatic rings. The van der Waals surface area contributed by atoms with Crippen LogP contribution in [0.5, 0.6) is 0 Å². The van der Waals surface area contributed by atoms with E-state index >= 15 is 0 Å². The number of hydrogen-bond donors (Lipinski definition) is 1. The monoisotopic (exact) mass is 279 g/mol. The number of furan rings is 2. The van der Waals surface area contributed by atoms with Crippen molar-refractivity contribution in [3.63, 3.8) is 0 Å². The van der Waals surface area contributed by atoms with Gasteiger partial charge in [-0.2, -0.15) is 0 Å². The van der Waals surface area contributed by atoms with Gasteiger partial charge in [0, 0.05) is 6.54 Å². The second-order valence-corrected chi connectivity index (χ2v) is 4.96. The predicted molar refractivity (Wildman–Crippen MR) is 74.1 cm³/mol. The van der Waals surface area contributed by atoms with Crippen LogP contribution in [0.2, 0.25) is 0 Å². The minimum atomic E-state index is -0.536. The van der Waals surface area contributed by atoms with Crippen LogP contribution in [-0.2, 0) is 17.9 Å². The fourth-order valence-electron chi connectivity index (χ4n) is 2.00. The first kappa shape index (κ1) is 14.8. The molecule has 1 atom stereocenters. The van der Waals surface area contributed by atoms with Crippen molar-refractivity contribution in [2.24, 2.45) is 0 Å². The zero-order valence-electron chi connectivity index (χ0n) is 11.9. The van der Waals surface area contributed by atoms with E-state index in [-0.39, 0.29) is 6.61 Å². The summed E-state index contributed by atoms with van der Waals surface area (Å²) in [4.78, 5) is 2.00. The van der Waals surface area contributed by atoms with Crippen molar-refractivity contribution >= 4 is 0 Å². The SMILES string of the molecule is Cc1ccc(CN(C)CC(O)COCc2ccco2)o1. The molecular weight excluding hydrogens is 258 g/mol. The average molecular weight is 279 g/mol. The van der Waals surface area contributed by atoms with E-state index in [1.165, 1.54) is 0 Å². The van der Waals surface area contributed by atoms with Crippen LogP contribution < -0.4 is 0 Å². The first-order chi connectivity index (χ1) is 9.63. The summed E-state index contributed by atoms with van der Waals surface area (Å²) in [5, 5.41) is 9.90. The van der Waals surface area contributed by atoms with Crippen molar-refractivity contribution in [1.82, 2.24) is 4.90 Å². The largest absolute Gasteiger partial charge is 0.467 e. The van der Waals surface area contributed by atoms with E-state index in [0.717, 1.165) is 17.3 Å². The molecule has 5 heteroatoms. The lowest BCUT2D eigenvalue weighted by atomic mass is 10.3. The Labute approximate surface area is 118 Å². The molecule has 110 valence electrons. The van der Waals surface area contributed by atoms with E-state index in [1.807, 2.05) is 43.1 Å². The molecule has 2 rings (SSSR count). The number of hydrogen-bond acceptors (Lipinski definition) is 5. The van der Waals surface area contributed by atoms with E-state index in [9.17, 15) is 5.11 Å². The maximum atomic E-state index is 9.90. The molecule has 0 saturated carbocycles. The Balaban J connectivity index is 1.64. The highest BCUT2D eigenvalue weighted by molar-refractivity contribution is 5.05. The summed E-state index contributed by atoms with van der Waals surface area (Å²) in [6, 6.07) is 7.55. The van der Waals surface area contributed by atoms with Crippen molar-refractivity contribution in [1.29, 1.82) is 0 Å². The second kappa shape index (κ2) is 7.28. The molecule has 5 nitrogen and oxygen atoms in total. The van der Waals surface area contributed by atoms with E-state index in [2.05, 4.69) is 0 Å². The molecule has 1 N–H and O–H groups in total. The number of nitrogens with zero attached hydrogens (tertiary/aromatic N) is 1. The molecule has 0 aliphatic rings. The van der Waals surface area contributed by atoms with Crippen molar-refractivity contribution in [3.05, 3.63) is 47.8 Å². The lowest BCUT2D eigenvalue weighted by Gasteiger charge is -2.19. The molecule has 0 saturated heterocycles. The van der Waals surface area contributed by atoms with Crippen molar-refractivity contribution in [2.75, 3.05) is 20.2 Å². The number of aliphatic hydroxyl groups excluding tert-OH is 1. The summed E-state index contributed by atoms with van der Waals surface area (Å²) in [5.41, 5.74) is 0. The molecular formula is C15H21NO4. The zero-order chi connectivity index (χ0) is 14.4. The van der Waals surface area contributed by atoms with Gasteiger partial charge in [-0.15, -0.1) is 0 Å². The smallest absolute Gasteiger partial charge is 0.129 e. The fourth-order valence-corrected chi connectivity index (χ4v) is 2.00. The van der Waals surface area contributed by atoms with Gasteiger partial charge in [0.15, 0.2) is 0 Å². The number of likely N-dealkylation sites (N-methyl/N-ethyl adjacent to an activating group) is 1. The van der Waals surface area contributed by atoms with E-state index in [1.54, 1.807) is 6.26 Å². The normalized spacial score (nSPS) is 13.0. The third-order valence-corrected chi connectivity index (χ3v) is 2.88. The third-order valence-electron chi connectivity index (χ3n) is 2.88. The van der Waals surface area contributed by atoms with Crippen LogP contribution >= 0.6 is 0 Å². The molecule has 0 aromatic carbocycles. The van der Waals surface area contributed by atoms with Gasteiger partial charge in [0.05, 0.1) is 25.5 Å². The quantitative estimate of drug-likeness (QED) is 0.802. The first-order valence-corrected chi connectivity index (χ1v) is 6.65. The molecule has 2 heterocycles. The van der Waals surface area contributed by atoms with E-state index in [0.29, 0.717) is 19.7 Å². The summed E-state index contributed by atoms with van der Waals surface area (Å²) in [6.07, 6.45) is 1.07. The van der Waals surface area contributed by atoms with Gasteiger partial charge in [0.2, 0.25) is 0 Å². The Hall–Kier alpha value is -1.56. The van der Waals surface area contributed by atoms with Crippen molar-refractivity contribution in [2.45, 2.75) is 26.2 Å². The van der Waals surface area contributed by atoms with Gasteiger partial charge < -0.3 is 18.7 Å². The molecule has 0 aliphatic heterocycles. The Morgan fingerprint density at radius 3 is 2.80 bits per heavy atom. The van der Waals surface area contributed by atoms with Crippen LogP contribution in [0.15, 0.2) is 39.4 Å². The summed E-state index contributed by atoms with van der Waals surface area (Å²) in [5.74, 6) is 2.56. The van der Waals surface area contributed by atoms with Gasteiger partial charge in [-0.3, -0.25) is 4.90 Å². The highest BCUT2D eigenvalue weighted by Crippen LogP contribution is 2.09. The molecule has 0 fully saturated rings. The van der Waals surface area contributed by atoms with Crippen LogP contribution in [0.3, 0.4) is 0 Å². The number of aliphatic hydroxyl groups is 1. The highest BCUT2D eigenvalue weighted by atomic mass is 16.5. The van der Waals surface area contributed by atoms with Gasteiger partial charge in [0.1, 0.15) is 23.9 Å². The molecule has 0 spiro atoms. The molecule has 0 amide bonds. The number of ether oxygens (including phenoxy) is 1. The van der Waals surface area contributed by atoms with Gasteiger partial charge in [-0.1, -0.05) is 0 Å². The minimum Gasteiger partial charge on any atom is -0.467 e. The van der Waals surface area contributed by atoms with Crippen LogP contribution in [-0.4, -0.2) is 36.3 Å². The molecule has 0 radical (unpaired) electrons. The Bertz CT molecular complexity index is 492. The average Bonchev–Trinajstić information content (AvgIpc) is 3.01. The maximum Gasteiger partial charge on any atom is 0.129 e. The van der Waals surface area contributed by atoms with E-state index in [4.69, 9.17) is 13.6 Å². The zero-order valence-corrected chi connectivity index (χ0v) is 11.9. The van der Waals surface area contributed by atoms with Crippen LogP contribution in [0, 0.1) is 6.92 Å². The van der Waals surface area contributed by atoms with Crippen LogP contribution in [0.4, 0.5) is 0 Å². The molecule has 2 aromatic heterocycles. The molecule has 1 unspecified atom stereocenters. The molecule has 0 bridgehead atoms. The van der Waals surface area contributed by atoms with Gasteiger partial charge in [-0.25, -0.2) is 0 Å². The lowest BCUT2D eigenvalue weighted by molar-refractivity contribution is 0.00698. The molecule has 0 aliphatic carbocycles. The van der Waals surface area contributed by atoms with Gasteiger partial charge >= 0.3 is 0 Å². The Kier molecular flexibility index (Phi) is 5.40.